The van der Waals surface area contributed by atoms with Crippen LogP contribution in [0.5, 0.6) is 0 Å². The normalized spacial score (nSPS) is 20.9. The first-order valence-corrected chi connectivity index (χ1v) is 6.33. The second-order valence-electron chi connectivity index (χ2n) is 4.95. The van der Waals surface area contributed by atoms with Gasteiger partial charge in [0.25, 0.3) is 11.8 Å². The quantitative estimate of drug-likeness (QED) is 0.355. The van der Waals surface area contributed by atoms with Gasteiger partial charge in [0.2, 0.25) is 11.8 Å². The molecule has 1 aromatic rings. The van der Waals surface area contributed by atoms with Gasteiger partial charge < -0.3 is 0 Å². The average Bonchev–Trinajstić information content (AvgIpc) is 2.75. The van der Waals surface area contributed by atoms with E-state index < -0.39 is 64.1 Å². The van der Waals surface area contributed by atoms with Gasteiger partial charge in [-0.25, -0.2) is 17.6 Å². The molecule has 0 bridgehead atoms. The highest BCUT2D eigenvalue weighted by atomic mass is 19.2. The van der Waals surface area contributed by atoms with Crippen molar-refractivity contribution >= 4 is 23.6 Å². The first-order valence-electron chi connectivity index (χ1n) is 6.33. The highest BCUT2D eigenvalue weighted by Gasteiger charge is 2.49. The van der Waals surface area contributed by atoms with E-state index in [0.717, 1.165) is 0 Å². The van der Waals surface area contributed by atoms with Crippen molar-refractivity contribution in [3.05, 3.63) is 34.4 Å². The van der Waals surface area contributed by atoms with Crippen molar-refractivity contribution in [3.8, 4) is 0 Å². The monoisotopic (exact) mass is 330 g/mol. The number of carbonyl (C=O) groups is 4. The summed E-state index contributed by atoms with van der Waals surface area (Å²) in [7, 11) is 0. The molecular weight excluding hydrogens is 324 g/mol. The van der Waals surface area contributed by atoms with Gasteiger partial charge in [0.05, 0.1) is 11.1 Å². The summed E-state index contributed by atoms with van der Waals surface area (Å²) in [5.74, 6) is -13.1. The smallest absolute Gasteiger partial charge is 0.265 e. The van der Waals surface area contributed by atoms with Gasteiger partial charge in [-0.05, 0) is 6.42 Å². The lowest BCUT2D eigenvalue weighted by Crippen LogP contribution is -2.54. The van der Waals surface area contributed by atoms with Gasteiger partial charge in [0.15, 0.2) is 23.3 Å². The Bertz CT molecular complexity index is 761. The van der Waals surface area contributed by atoms with Crippen LogP contribution in [0.3, 0.4) is 0 Å². The van der Waals surface area contributed by atoms with E-state index >= 15 is 0 Å². The van der Waals surface area contributed by atoms with E-state index in [1.165, 1.54) is 0 Å². The summed E-state index contributed by atoms with van der Waals surface area (Å²) in [4.78, 5) is 47.2. The summed E-state index contributed by atoms with van der Waals surface area (Å²) < 4.78 is 54.0. The fraction of sp³-hybridized carbons (Fsp3) is 0.231. The predicted molar refractivity (Wildman–Crippen MR) is 62.9 cm³/mol. The topological polar surface area (TPSA) is 83.6 Å². The summed E-state index contributed by atoms with van der Waals surface area (Å²) >= 11 is 0. The lowest BCUT2D eigenvalue weighted by atomic mass is 10.0. The molecule has 4 amide bonds. The Morgan fingerprint density at radius 3 is 1.74 bits per heavy atom. The second-order valence-corrected chi connectivity index (χ2v) is 4.95. The van der Waals surface area contributed by atoms with Crippen LogP contribution in [-0.2, 0) is 9.59 Å². The van der Waals surface area contributed by atoms with E-state index in [-0.39, 0.29) is 17.7 Å². The first-order chi connectivity index (χ1) is 10.8. The molecule has 6 nitrogen and oxygen atoms in total. The van der Waals surface area contributed by atoms with Gasteiger partial charge in [0.1, 0.15) is 6.04 Å². The van der Waals surface area contributed by atoms with Gasteiger partial charge in [-0.1, -0.05) is 0 Å². The average molecular weight is 330 g/mol. The van der Waals surface area contributed by atoms with Gasteiger partial charge in [-0.2, -0.15) is 0 Å². The van der Waals surface area contributed by atoms with Crippen LogP contribution in [0.2, 0.25) is 0 Å². The van der Waals surface area contributed by atoms with E-state index in [1.807, 2.05) is 5.32 Å². The Morgan fingerprint density at radius 2 is 1.30 bits per heavy atom. The molecule has 0 aliphatic carbocycles. The number of hydrogen-bond acceptors (Lipinski definition) is 4. The maximum Gasteiger partial charge on any atom is 0.265 e. The molecule has 0 radical (unpaired) electrons. The second kappa shape index (κ2) is 4.86. The first kappa shape index (κ1) is 15.1. The van der Waals surface area contributed by atoms with E-state index in [1.54, 1.807) is 0 Å². The third kappa shape index (κ3) is 1.94. The maximum absolute atomic E-state index is 13.7. The Balaban J connectivity index is 2.12. The van der Waals surface area contributed by atoms with Crippen molar-refractivity contribution in [1.82, 2.24) is 10.2 Å². The zero-order chi connectivity index (χ0) is 17.0. The number of carbonyl (C=O) groups excluding carboxylic acids is 4. The number of fused-ring (bicyclic) bond motifs is 1. The van der Waals surface area contributed by atoms with Crippen LogP contribution in [0.4, 0.5) is 17.6 Å². The molecular formula is C13H6F4N2O4. The standard InChI is InChI=1S/C13H6F4N2O4/c14-7-5-6(8(15)10(17)9(7)16)13(23)19(12(5)22)3-1-2-4(20)18-11(3)21/h3H,1-2H2,(H,18,20,21)/t3-/m0/s1. The lowest BCUT2D eigenvalue weighted by molar-refractivity contribution is -0.136. The highest BCUT2D eigenvalue weighted by molar-refractivity contribution is 6.23. The van der Waals surface area contributed by atoms with Crippen LogP contribution in [0.25, 0.3) is 0 Å². The van der Waals surface area contributed by atoms with E-state index in [9.17, 15) is 36.7 Å². The number of nitrogens with zero attached hydrogens (tertiary/aromatic N) is 1. The van der Waals surface area contributed by atoms with E-state index in [2.05, 4.69) is 0 Å². The number of amides is 4. The third-order valence-corrected chi connectivity index (χ3v) is 3.65. The number of hydrogen-bond donors (Lipinski definition) is 1. The van der Waals surface area contributed by atoms with Crippen LogP contribution >= 0.6 is 0 Å². The number of imide groups is 2. The van der Waals surface area contributed by atoms with Gasteiger partial charge in [0, 0.05) is 6.42 Å². The van der Waals surface area contributed by atoms with E-state index in [4.69, 9.17) is 0 Å². The van der Waals surface area contributed by atoms with Crippen molar-refractivity contribution in [2.45, 2.75) is 18.9 Å². The van der Waals surface area contributed by atoms with Gasteiger partial charge in [-0.15, -0.1) is 0 Å². The number of rotatable bonds is 1. The molecule has 1 fully saturated rings. The molecule has 0 saturated carbocycles. The molecule has 120 valence electrons. The van der Waals surface area contributed by atoms with Crippen molar-refractivity contribution in [2.24, 2.45) is 0 Å². The minimum atomic E-state index is -2.23. The number of benzene rings is 1. The predicted octanol–water partition coefficient (Wildman–Crippen LogP) is 0.644. The molecule has 1 saturated heterocycles. The van der Waals surface area contributed by atoms with E-state index in [0.29, 0.717) is 0 Å². The SMILES string of the molecule is O=C1CC[C@H](N2C(=O)c3c(F)c(F)c(F)c(F)c3C2=O)C(=O)N1. The summed E-state index contributed by atoms with van der Waals surface area (Å²) in [6, 6.07) is -1.50. The summed E-state index contributed by atoms with van der Waals surface area (Å²) in [6.45, 7) is 0. The summed E-state index contributed by atoms with van der Waals surface area (Å²) in [6.07, 6.45) is -0.470. The molecule has 23 heavy (non-hydrogen) atoms. The van der Waals surface area contributed by atoms with Crippen LogP contribution in [-0.4, -0.2) is 34.6 Å². The number of halogens is 4. The maximum atomic E-state index is 13.7. The Kier molecular flexibility index (Phi) is 3.20. The van der Waals surface area contributed by atoms with Gasteiger partial charge in [-0.3, -0.25) is 29.4 Å². The molecule has 2 aliphatic rings. The van der Waals surface area contributed by atoms with Crippen molar-refractivity contribution in [1.29, 1.82) is 0 Å². The molecule has 1 N–H and O–H groups in total. The Morgan fingerprint density at radius 1 is 0.826 bits per heavy atom. The van der Waals surface area contributed by atoms with Crippen LogP contribution < -0.4 is 5.32 Å². The Labute approximate surface area is 125 Å². The van der Waals surface area contributed by atoms with Crippen molar-refractivity contribution in [3.63, 3.8) is 0 Å². The van der Waals surface area contributed by atoms with Crippen molar-refractivity contribution in [2.75, 3.05) is 0 Å². The largest absolute Gasteiger partial charge is 0.295 e. The van der Waals surface area contributed by atoms with Gasteiger partial charge >= 0.3 is 0 Å². The lowest BCUT2D eigenvalue weighted by Gasteiger charge is -2.27. The fourth-order valence-electron chi connectivity index (χ4n) is 2.58. The van der Waals surface area contributed by atoms with Crippen LogP contribution in [0, 0.1) is 23.3 Å². The summed E-state index contributed by atoms with van der Waals surface area (Å²) in [5.41, 5.74) is -2.53. The van der Waals surface area contributed by atoms with Crippen LogP contribution in [0.1, 0.15) is 33.6 Å². The zero-order valence-electron chi connectivity index (χ0n) is 11.1. The van der Waals surface area contributed by atoms with Crippen LogP contribution in [0.15, 0.2) is 0 Å². The number of piperidine rings is 1. The molecule has 0 spiro atoms. The fourth-order valence-corrected chi connectivity index (χ4v) is 2.58. The molecule has 3 rings (SSSR count). The highest BCUT2D eigenvalue weighted by Crippen LogP contribution is 2.33. The molecule has 1 atom stereocenters. The minimum absolute atomic E-state index is 0.206. The minimum Gasteiger partial charge on any atom is -0.295 e. The Hall–Kier alpha value is -2.78. The molecule has 1 aromatic carbocycles. The molecule has 0 aromatic heterocycles. The summed E-state index contributed by atoms with van der Waals surface area (Å²) in [5, 5.41) is 1.87. The number of nitrogens with one attached hydrogen (secondary N) is 1. The molecule has 2 aliphatic heterocycles. The third-order valence-electron chi connectivity index (χ3n) is 3.65. The zero-order valence-corrected chi connectivity index (χ0v) is 11.1. The molecule has 2 heterocycles. The molecule has 10 heteroatoms. The molecule has 0 unspecified atom stereocenters. The van der Waals surface area contributed by atoms with Crippen molar-refractivity contribution < 1.29 is 36.7 Å².